The highest BCUT2D eigenvalue weighted by Gasteiger charge is 2.22. The Morgan fingerprint density at radius 2 is 2.29 bits per heavy atom. The van der Waals surface area contributed by atoms with E-state index in [0.717, 1.165) is 5.57 Å². The fourth-order valence-corrected chi connectivity index (χ4v) is 1.10. The summed E-state index contributed by atoms with van der Waals surface area (Å²) in [4.78, 5) is 11.0. The molecule has 0 saturated carbocycles. The van der Waals surface area contributed by atoms with Crippen molar-refractivity contribution < 1.29 is 14.6 Å². The zero-order valence-electron chi connectivity index (χ0n) is 8.26. The lowest BCUT2D eigenvalue weighted by Crippen LogP contribution is -2.35. The number of aliphatic hydroxyl groups is 1. The maximum Gasteiger partial charge on any atom is 0.262 e. The largest absolute Gasteiger partial charge is 0.510 e. The van der Waals surface area contributed by atoms with Crippen LogP contribution in [0.25, 0.3) is 0 Å². The number of carbonyl (C=O) groups excluding carboxylic acids is 1. The first-order valence-electron chi connectivity index (χ1n) is 4.22. The van der Waals surface area contributed by atoms with E-state index in [1.54, 1.807) is 13.0 Å². The van der Waals surface area contributed by atoms with Crippen molar-refractivity contribution in [1.29, 1.82) is 0 Å². The van der Waals surface area contributed by atoms with Crippen molar-refractivity contribution in [2.24, 2.45) is 0 Å². The van der Waals surface area contributed by atoms with Gasteiger partial charge in [-0.05, 0) is 19.4 Å². The summed E-state index contributed by atoms with van der Waals surface area (Å²) < 4.78 is 5.20. The van der Waals surface area contributed by atoms with Gasteiger partial charge in [0.25, 0.3) is 5.91 Å². The molecule has 1 rings (SSSR count). The predicted octanol–water partition coefficient (Wildman–Crippen LogP) is 1.38. The van der Waals surface area contributed by atoms with E-state index in [1.807, 2.05) is 0 Å². The third-order valence-electron chi connectivity index (χ3n) is 1.87. The molecule has 1 aliphatic rings. The fourth-order valence-electron chi connectivity index (χ4n) is 1.10. The number of rotatable bonds is 1. The minimum absolute atomic E-state index is 0.0225. The van der Waals surface area contributed by atoms with Crippen LogP contribution in [0, 0.1) is 0 Å². The Bertz CT molecular complexity index is 335. The Labute approximate surface area is 82.6 Å². The van der Waals surface area contributed by atoms with E-state index in [0.29, 0.717) is 11.5 Å². The van der Waals surface area contributed by atoms with Crippen LogP contribution >= 0.6 is 0 Å². The monoisotopic (exact) mass is 195 g/mol. The molecule has 14 heavy (non-hydrogen) atoms. The molecule has 1 saturated heterocycles. The molecule has 0 unspecified atom stereocenters. The SMILES string of the molecule is C=C/C(C)=C1/OCC(=O)N/C1=C(/C)O. The van der Waals surface area contributed by atoms with Gasteiger partial charge in [0.05, 0.1) is 0 Å². The molecule has 0 atom stereocenters. The van der Waals surface area contributed by atoms with E-state index in [2.05, 4.69) is 11.9 Å². The number of nitrogens with one attached hydrogen (secondary N) is 1. The lowest BCUT2D eigenvalue weighted by atomic mass is 10.1. The summed E-state index contributed by atoms with van der Waals surface area (Å²) in [6, 6.07) is 0. The van der Waals surface area contributed by atoms with E-state index < -0.39 is 0 Å². The molecule has 0 spiro atoms. The number of hydrogen-bond acceptors (Lipinski definition) is 3. The molecule has 1 fully saturated rings. The maximum atomic E-state index is 11.0. The normalized spacial score (nSPS) is 23.4. The Morgan fingerprint density at radius 1 is 1.64 bits per heavy atom. The molecule has 0 aliphatic carbocycles. The Balaban J connectivity index is 3.14. The van der Waals surface area contributed by atoms with E-state index in [1.165, 1.54) is 6.92 Å². The Kier molecular flexibility index (Phi) is 2.96. The van der Waals surface area contributed by atoms with Crippen molar-refractivity contribution in [2.75, 3.05) is 6.61 Å². The molecular weight excluding hydrogens is 182 g/mol. The number of allylic oxidation sites excluding steroid dienone is 3. The average molecular weight is 195 g/mol. The summed E-state index contributed by atoms with van der Waals surface area (Å²) in [5.74, 6) is 0.225. The van der Waals surface area contributed by atoms with Crippen molar-refractivity contribution in [2.45, 2.75) is 13.8 Å². The van der Waals surface area contributed by atoms with Crippen molar-refractivity contribution in [3.63, 3.8) is 0 Å². The van der Waals surface area contributed by atoms with Crippen molar-refractivity contribution in [1.82, 2.24) is 5.32 Å². The summed E-state index contributed by atoms with van der Waals surface area (Å²) in [7, 11) is 0. The quantitative estimate of drug-likeness (QED) is 0.621. The Morgan fingerprint density at radius 3 is 2.79 bits per heavy atom. The van der Waals surface area contributed by atoms with Crippen LogP contribution in [0.5, 0.6) is 0 Å². The molecule has 1 aliphatic heterocycles. The van der Waals surface area contributed by atoms with Gasteiger partial charge < -0.3 is 15.2 Å². The second-order valence-corrected chi connectivity index (χ2v) is 3.01. The van der Waals surface area contributed by atoms with Gasteiger partial charge in [0.15, 0.2) is 6.61 Å². The third-order valence-corrected chi connectivity index (χ3v) is 1.87. The molecule has 0 aromatic carbocycles. The maximum absolute atomic E-state index is 11.0. The van der Waals surface area contributed by atoms with E-state index in [4.69, 9.17) is 4.74 Å². The second-order valence-electron chi connectivity index (χ2n) is 3.01. The number of aliphatic hydroxyl groups excluding tert-OH is 1. The van der Waals surface area contributed by atoms with Gasteiger partial charge >= 0.3 is 0 Å². The summed E-state index contributed by atoms with van der Waals surface area (Å²) in [6.07, 6.45) is 1.61. The van der Waals surface area contributed by atoms with Crippen LogP contribution in [0.2, 0.25) is 0 Å². The van der Waals surface area contributed by atoms with Crippen LogP contribution in [0.1, 0.15) is 13.8 Å². The van der Waals surface area contributed by atoms with Crippen LogP contribution in [0.3, 0.4) is 0 Å². The van der Waals surface area contributed by atoms with Crippen molar-refractivity contribution in [3.8, 4) is 0 Å². The van der Waals surface area contributed by atoms with Crippen LogP contribution < -0.4 is 5.32 Å². The van der Waals surface area contributed by atoms with Gasteiger partial charge in [-0.1, -0.05) is 12.7 Å². The molecule has 4 nitrogen and oxygen atoms in total. The number of hydrogen-bond donors (Lipinski definition) is 2. The zero-order valence-corrected chi connectivity index (χ0v) is 8.26. The highest BCUT2D eigenvalue weighted by molar-refractivity contribution is 5.81. The molecule has 0 bridgehead atoms. The van der Waals surface area contributed by atoms with Gasteiger partial charge in [-0.15, -0.1) is 0 Å². The molecule has 2 N–H and O–H groups in total. The van der Waals surface area contributed by atoms with Gasteiger partial charge in [0.1, 0.15) is 17.2 Å². The first-order valence-corrected chi connectivity index (χ1v) is 4.22. The lowest BCUT2D eigenvalue weighted by Gasteiger charge is -2.22. The molecule has 76 valence electrons. The molecule has 0 aromatic heterocycles. The smallest absolute Gasteiger partial charge is 0.262 e. The number of ether oxygens (including phenoxy) is 1. The van der Waals surface area contributed by atoms with E-state index in [9.17, 15) is 9.90 Å². The lowest BCUT2D eigenvalue weighted by molar-refractivity contribution is -0.125. The molecule has 4 heteroatoms. The molecule has 1 heterocycles. The van der Waals surface area contributed by atoms with Gasteiger partial charge in [-0.25, -0.2) is 0 Å². The van der Waals surface area contributed by atoms with Crippen LogP contribution in [0.4, 0.5) is 0 Å². The first-order chi connectivity index (χ1) is 6.56. The third kappa shape index (κ3) is 1.96. The highest BCUT2D eigenvalue weighted by Crippen LogP contribution is 2.20. The highest BCUT2D eigenvalue weighted by atomic mass is 16.5. The molecular formula is C10H13NO3. The van der Waals surface area contributed by atoms with Gasteiger partial charge in [-0.3, -0.25) is 4.79 Å². The summed E-state index contributed by atoms with van der Waals surface area (Å²) in [5, 5.41) is 11.9. The molecule has 0 aromatic rings. The van der Waals surface area contributed by atoms with E-state index in [-0.39, 0.29) is 18.3 Å². The summed E-state index contributed by atoms with van der Waals surface area (Å²) >= 11 is 0. The van der Waals surface area contributed by atoms with Crippen LogP contribution in [0.15, 0.2) is 35.4 Å². The molecule has 1 amide bonds. The fraction of sp³-hybridized carbons (Fsp3) is 0.300. The minimum atomic E-state index is -0.269. The standard InChI is InChI=1S/C10H13NO3/c1-4-6(2)10-9(7(3)12)11-8(13)5-14-10/h4,12H,1,5H2,2-3H3,(H,11,13)/b9-7-,10-6+. The summed E-state index contributed by atoms with van der Waals surface area (Å²) in [5.41, 5.74) is 1.09. The minimum Gasteiger partial charge on any atom is -0.510 e. The van der Waals surface area contributed by atoms with Crippen LogP contribution in [-0.4, -0.2) is 17.6 Å². The predicted molar refractivity (Wildman–Crippen MR) is 52.3 cm³/mol. The number of carbonyl (C=O) groups is 1. The van der Waals surface area contributed by atoms with E-state index >= 15 is 0 Å². The second kappa shape index (κ2) is 4.00. The zero-order chi connectivity index (χ0) is 10.7. The topological polar surface area (TPSA) is 58.6 Å². The number of morpholine rings is 1. The first kappa shape index (κ1) is 10.4. The Hall–Kier alpha value is -1.71. The van der Waals surface area contributed by atoms with Gasteiger partial charge in [0, 0.05) is 0 Å². The van der Waals surface area contributed by atoms with Crippen LogP contribution in [-0.2, 0) is 9.53 Å². The average Bonchev–Trinajstić information content (AvgIpc) is 2.16. The van der Waals surface area contributed by atoms with Gasteiger partial charge in [0.2, 0.25) is 0 Å². The number of amides is 1. The summed E-state index contributed by atoms with van der Waals surface area (Å²) in [6.45, 7) is 6.84. The van der Waals surface area contributed by atoms with Crippen molar-refractivity contribution in [3.05, 3.63) is 35.4 Å². The van der Waals surface area contributed by atoms with Crippen molar-refractivity contribution >= 4 is 5.91 Å². The molecule has 0 radical (unpaired) electrons. The van der Waals surface area contributed by atoms with Gasteiger partial charge in [-0.2, -0.15) is 0 Å².